The van der Waals surface area contributed by atoms with Crippen molar-refractivity contribution in [2.45, 2.75) is 4.90 Å². The lowest BCUT2D eigenvalue weighted by atomic mass is 10.1. The van der Waals surface area contributed by atoms with E-state index in [0.717, 1.165) is 11.1 Å². The van der Waals surface area contributed by atoms with Crippen molar-refractivity contribution in [3.05, 3.63) is 53.6 Å². The Balaban J connectivity index is 2.50. The van der Waals surface area contributed by atoms with E-state index in [1.165, 1.54) is 12.3 Å². The molecule has 87 valence electrons. The van der Waals surface area contributed by atoms with Crippen LogP contribution in [0.15, 0.2) is 47.4 Å². The average molecular weight is 266 g/mol. The standard InChI is InChI=1S/C13H10ClO2S/c1-17(15,16)13-4-2-3-11(9-13)10-5-7-12(14)8-6-10/h2,4-9H,1H3. The Morgan fingerprint density at radius 1 is 1.12 bits per heavy atom. The van der Waals surface area contributed by atoms with Crippen molar-refractivity contribution < 1.29 is 8.42 Å². The summed E-state index contributed by atoms with van der Waals surface area (Å²) in [6, 6.07) is 15.0. The van der Waals surface area contributed by atoms with E-state index in [9.17, 15) is 8.42 Å². The molecule has 2 rings (SSSR count). The van der Waals surface area contributed by atoms with Crippen molar-refractivity contribution in [2.75, 3.05) is 6.26 Å². The maximum atomic E-state index is 11.4. The minimum atomic E-state index is -3.19. The third-order valence-electron chi connectivity index (χ3n) is 2.36. The number of hydrogen-bond donors (Lipinski definition) is 0. The summed E-state index contributed by atoms with van der Waals surface area (Å²) < 4.78 is 22.9. The van der Waals surface area contributed by atoms with Gasteiger partial charge in [-0.25, -0.2) is 8.42 Å². The molecule has 0 unspecified atom stereocenters. The molecule has 0 fully saturated rings. The van der Waals surface area contributed by atoms with Crippen LogP contribution >= 0.6 is 11.6 Å². The van der Waals surface area contributed by atoms with Crippen molar-refractivity contribution >= 4 is 21.4 Å². The second-order valence-electron chi connectivity index (χ2n) is 3.72. The summed E-state index contributed by atoms with van der Waals surface area (Å²) in [5, 5.41) is 0.646. The molecule has 2 aromatic rings. The first-order valence-corrected chi connectivity index (χ1v) is 7.21. The van der Waals surface area contributed by atoms with Gasteiger partial charge in [-0.15, -0.1) is 0 Å². The van der Waals surface area contributed by atoms with Gasteiger partial charge in [-0.2, -0.15) is 0 Å². The van der Waals surface area contributed by atoms with Crippen LogP contribution in [-0.4, -0.2) is 14.7 Å². The van der Waals surface area contributed by atoms with Gasteiger partial charge < -0.3 is 0 Å². The fraction of sp³-hybridized carbons (Fsp3) is 0.0769. The summed E-state index contributed by atoms with van der Waals surface area (Å²) in [6.07, 6.45) is 1.19. The quantitative estimate of drug-likeness (QED) is 0.836. The van der Waals surface area contributed by atoms with Crippen LogP contribution in [0, 0.1) is 6.07 Å². The van der Waals surface area contributed by atoms with E-state index in [-0.39, 0.29) is 0 Å². The lowest BCUT2D eigenvalue weighted by Gasteiger charge is -2.03. The van der Waals surface area contributed by atoms with Crippen LogP contribution in [0.1, 0.15) is 0 Å². The summed E-state index contributed by atoms with van der Waals surface area (Å²) in [6.45, 7) is 0. The van der Waals surface area contributed by atoms with Crippen LogP contribution in [0.3, 0.4) is 0 Å². The van der Waals surface area contributed by atoms with E-state index >= 15 is 0 Å². The summed E-state index contributed by atoms with van der Waals surface area (Å²) in [7, 11) is -3.19. The molecule has 0 saturated heterocycles. The molecule has 2 nitrogen and oxygen atoms in total. The molecule has 0 aromatic heterocycles. The number of benzene rings is 2. The van der Waals surface area contributed by atoms with Gasteiger partial charge in [0.25, 0.3) is 0 Å². The summed E-state index contributed by atoms with van der Waals surface area (Å²) in [5.74, 6) is 0. The molecule has 0 saturated carbocycles. The topological polar surface area (TPSA) is 34.1 Å². The Morgan fingerprint density at radius 3 is 2.35 bits per heavy atom. The average Bonchev–Trinajstić information content (AvgIpc) is 2.29. The van der Waals surface area contributed by atoms with Crippen LogP contribution in [0.2, 0.25) is 5.02 Å². The Bertz CT molecular complexity index is 631. The van der Waals surface area contributed by atoms with Crippen LogP contribution in [0.4, 0.5) is 0 Å². The Morgan fingerprint density at radius 2 is 1.76 bits per heavy atom. The van der Waals surface area contributed by atoms with Gasteiger partial charge in [-0.3, -0.25) is 0 Å². The first-order valence-electron chi connectivity index (χ1n) is 4.94. The predicted octanol–water partition coefficient (Wildman–Crippen LogP) is 3.21. The molecular weight excluding hydrogens is 256 g/mol. The molecule has 17 heavy (non-hydrogen) atoms. The molecule has 4 heteroatoms. The molecular formula is C13H10ClO2S. The zero-order valence-corrected chi connectivity index (χ0v) is 10.7. The van der Waals surface area contributed by atoms with Crippen LogP contribution in [0.5, 0.6) is 0 Å². The second-order valence-corrected chi connectivity index (χ2v) is 6.17. The number of hydrogen-bond acceptors (Lipinski definition) is 2. The van der Waals surface area contributed by atoms with E-state index in [2.05, 4.69) is 6.07 Å². The summed E-state index contributed by atoms with van der Waals surface area (Å²) in [5.41, 5.74) is 1.63. The van der Waals surface area contributed by atoms with Crippen molar-refractivity contribution in [2.24, 2.45) is 0 Å². The highest BCUT2D eigenvalue weighted by Crippen LogP contribution is 2.23. The van der Waals surface area contributed by atoms with Gasteiger partial charge in [0.05, 0.1) is 4.90 Å². The highest BCUT2D eigenvalue weighted by molar-refractivity contribution is 7.90. The smallest absolute Gasteiger partial charge is 0.175 e. The van der Waals surface area contributed by atoms with Gasteiger partial charge in [-0.1, -0.05) is 29.8 Å². The zero-order valence-electron chi connectivity index (χ0n) is 9.14. The number of rotatable bonds is 2. The van der Waals surface area contributed by atoms with Gasteiger partial charge in [-0.05, 0) is 41.5 Å². The lowest BCUT2D eigenvalue weighted by Crippen LogP contribution is -1.96. The molecule has 0 N–H and O–H groups in total. The molecule has 0 amide bonds. The Labute approximate surface area is 106 Å². The maximum Gasteiger partial charge on any atom is 0.175 e. The molecule has 0 atom stereocenters. The van der Waals surface area contributed by atoms with E-state index in [1.54, 1.807) is 24.3 Å². The molecule has 0 aliphatic heterocycles. The monoisotopic (exact) mass is 265 g/mol. The van der Waals surface area contributed by atoms with E-state index in [1.807, 2.05) is 12.1 Å². The van der Waals surface area contributed by atoms with Gasteiger partial charge in [0, 0.05) is 11.3 Å². The largest absolute Gasteiger partial charge is 0.224 e. The van der Waals surface area contributed by atoms with Crippen LogP contribution in [0.25, 0.3) is 11.1 Å². The van der Waals surface area contributed by atoms with E-state index < -0.39 is 9.84 Å². The highest BCUT2D eigenvalue weighted by atomic mass is 35.5. The minimum Gasteiger partial charge on any atom is -0.224 e. The Kier molecular flexibility index (Phi) is 3.22. The minimum absolute atomic E-state index is 0.293. The Hall–Kier alpha value is -1.32. The van der Waals surface area contributed by atoms with Crippen molar-refractivity contribution in [1.29, 1.82) is 0 Å². The molecule has 2 aromatic carbocycles. The number of sulfone groups is 1. The van der Waals surface area contributed by atoms with Crippen LogP contribution in [-0.2, 0) is 9.84 Å². The van der Waals surface area contributed by atoms with Crippen molar-refractivity contribution in [1.82, 2.24) is 0 Å². The molecule has 0 heterocycles. The summed E-state index contributed by atoms with van der Waals surface area (Å²) in [4.78, 5) is 0.293. The maximum absolute atomic E-state index is 11.4. The van der Waals surface area contributed by atoms with Crippen molar-refractivity contribution in [3.8, 4) is 11.1 Å². The first-order chi connectivity index (χ1) is 7.97. The lowest BCUT2D eigenvalue weighted by molar-refractivity contribution is 0.602. The summed E-state index contributed by atoms with van der Waals surface area (Å²) >= 11 is 5.80. The van der Waals surface area contributed by atoms with Gasteiger partial charge in [0.2, 0.25) is 0 Å². The fourth-order valence-corrected chi connectivity index (χ4v) is 2.25. The third-order valence-corrected chi connectivity index (χ3v) is 3.72. The van der Waals surface area contributed by atoms with E-state index in [0.29, 0.717) is 9.92 Å². The second kappa shape index (κ2) is 4.51. The fourth-order valence-electron chi connectivity index (χ4n) is 1.47. The molecule has 1 radical (unpaired) electrons. The first kappa shape index (κ1) is 12.1. The normalized spacial score (nSPS) is 11.4. The van der Waals surface area contributed by atoms with E-state index in [4.69, 9.17) is 11.6 Å². The SMILES string of the molecule is CS(=O)(=O)c1cc[c]c(-c2ccc(Cl)cc2)c1. The van der Waals surface area contributed by atoms with Gasteiger partial charge in [0.15, 0.2) is 9.84 Å². The number of halogens is 1. The van der Waals surface area contributed by atoms with Gasteiger partial charge >= 0.3 is 0 Å². The van der Waals surface area contributed by atoms with Crippen LogP contribution < -0.4 is 0 Å². The predicted molar refractivity (Wildman–Crippen MR) is 68.8 cm³/mol. The highest BCUT2D eigenvalue weighted by Gasteiger charge is 2.08. The van der Waals surface area contributed by atoms with Crippen molar-refractivity contribution in [3.63, 3.8) is 0 Å². The molecule has 0 aliphatic rings. The molecule has 0 aliphatic carbocycles. The third kappa shape index (κ3) is 2.87. The molecule has 0 spiro atoms. The zero-order chi connectivity index (χ0) is 12.5. The molecule has 0 bridgehead atoms. The van der Waals surface area contributed by atoms with Gasteiger partial charge in [0.1, 0.15) is 0 Å².